The lowest BCUT2D eigenvalue weighted by atomic mass is 10.4. The Morgan fingerprint density at radius 2 is 2.07 bits per heavy atom. The van der Waals surface area contributed by atoms with Crippen molar-refractivity contribution in [2.45, 2.75) is 6.92 Å². The maximum Gasteiger partial charge on any atom is 0.0513 e. The van der Waals surface area contributed by atoms with E-state index >= 15 is 0 Å². The zero-order chi connectivity index (χ0) is 10.1. The molecule has 1 rings (SSSR count). The zero-order valence-corrected chi connectivity index (χ0v) is 9.13. The Hall–Kier alpha value is -0.450. The van der Waals surface area contributed by atoms with Crippen LogP contribution in [0.3, 0.4) is 0 Å². The van der Waals surface area contributed by atoms with Crippen molar-refractivity contribution in [2.75, 3.05) is 52.4 Å². The van der Waals surface area contributed by atoms with Gasteiger partial charge in [-0.05, 0) is 6.54 Å². The molecule has 0 aromatic rings. The van der Waals surface area contributed by atoms with Crippen molar-refractivity contribution in [2.24, 2.45) is 4.99 Å². The Balaban J connectivity index is 2.26. The third-order valence-electron chi connectivity index (χ3n) is 2.44. The van der Waals surface area contributed by atoms with E-state index in [9.17, 15) is 0 Å². The van der Waals surface area contributed by atoms with Gasteiger partial charge in [0.2, 0.25) is 0 Å². The minimum absolute atomic E-state index is 0.897. The summed E-state index contributed by atoms with van der Waals surface area (Å²) in [4.78, 5) is 6.78. The van der Waals surface area contributed by atoms with Crippen LogP contribution in [-0.4, -0.2) is 63.5 Å². The number of nitrogens with zero attached hydrogens (tertiary/aromatic N) is 2. The van der Waals surface area contributed by atoms with E-state index < -0.39 is 0 Å². The van der Waals surface area contributed by atoms with E-state index in [-0.39, 0.29) is 0 Å². The van der Waals surface area contributed by atoms with E-state index in [1.165, 1.54) is 0 Å². The van der Waals surface area contributed by atoms with Crippen LogP contribution < -0.4 is 10.6 Å². The number of aliphatic imine (C=N–C) groups is 1. The summed E-state index contributed by atoms with van der Waals surface area (Å²) in [5.41, 5.74) is 0. The van der Waals surface area contributed by atoms with Crippen LogP contribution >= 0.6 is 0 Å². The van der Waals surface area contributed by atoms with Gasteiger partial charge in [-0.15, -0.1) is 0 Å². The molecule has 0 amide bonds. The van der Waals surface area contributed by atoms with Crippen molar-refractivity contribution in [1.82, 2.24) is 15.5 Å². The maximum absolute atomic E-state index is 4.35. The molecule has 0 radical (unpaired) electrons. The number of hydrogen-bond donors (Lipinski definition) is 2. The molecule has 0 spiro atoms. The maximum atomic E-state index is 4.35. The van der Waals surface area contributed by atoms with Crippen LogP contribution in [0.2, 0.25) is 0 Å². The summed E-state index contributed by atoms with van der Waals surface area (Å²) in [5.74, 6) is 0. The average molecular weight is 198 g/mol. The summed E-state index contributed by atoms with van der Waals surface area (Å²) in [6.45, 7) is 10.5. The van der Waals surface area contributed by atoms with E-state index in [4.69, 9.17) is 0 Å². The molecule has 0 aliphatic carbocycles. The number of likely N-dealkylation sites (N-methyl/N-ethyl adjacent to an activating group) is 1. The molecule has 14 heavy (non-hydrogen) atoms. The topological polar surface area (TPSA) is 39.7 Å². The van der Waals surface area contributed by atoms with Crippen LogP contribution in [-0.2, 0) is 0 Å². The van der Waals surface area contributed by atoms with Gasteiger partial charge in [0, 0.05) is 45.5 Å². The van der Waals surface area contributed by atoms with Crippen LogP contribution in [0, 0.1) is 0 Å². The normalized spacial score (nSPS) is 22.6. The van der Waals surface area contributed by atoms with Gasteiger partial charge in [0.05, 0.1) is 6.54 Å². The van der Waals surface area contributed by atoms with Gasteiger partial charge in [0.15, 0.2) is 0 Å². The van der Waals surface area contributed by atoms with Gasteiger partial charge in [0.1, 0.15) is 0 Å². The zero-order valence-electron chi connectivity index (χ0n) is 9.13. The van der Waals surface area contributed by atoms with Crippen LogP contribution in [0.1, 0.15) is 6.92 Å². The molecule has 0 bridgehead atoms. The molecule has 0 saturated carbocycles. The number of hydrogen-bond acceptors (Lipinski definition) is 4. The second kappa shape index (κ2) is 7.91. The molecule has 82 valence electrons. The first-order chi connectivity index (χ1) is 6.93. The third kappa shape index (κ3) is 5.32. The van der Waals surface area contributed by atoms with Gasteiger partial charge < -0.3 is 15.5 Å². The summed E-state index contributed by atoms with van der Waals surface area (Å²) in [5, 5.41) is 6.72. The Morgan fingerprint density at radius 1 is 1.21 bits per heavy atom. The highest BCUT2D eigenvalue weighted by Gasteiger charge is 2.00. The van der Waals surface area contributed by atoms with Crippen LogP contribution in [0.4, 0.5) is 0 Å². The van der Waals surface area contributed by atoms with Gasteiger partial charge in [0.25, 0.3) is 0 Å². The average Bonchev–Trinajstić information content (AvgIpc) is 2.19. The van der Waals surface area contributed by atoms with Gasteiger partial charge in [-0.1, -0.05) is 6.92 Å². The third-order valence-corrected chi connectivity index (χ3v) is 2.44. The van der Waals surface area contributed by atoms with Crippen LogP contribution in [0.5, 0.6) is 0 Å². The summed E-state index contributed by atoms with van der Waals surface area (Å²) in [7, 11) is 0. The van der Waals surface area contributed by atoms with Gasteiger partial charge in [-0.3, -0.25) is 4.99 Å². The Bertz CT molecular complexity index is 158. The molecule has 0 fully saturated rings. The largest absolute Gasteiger partial charge is 0.314 e. The van der Waals surface area contributed by atoms with E-state index in [1.807, 2.05) is 6.21 Å². The Labute approximate surface area is 86.8 Å². The first kappa shape index (κ1) is 11.6. The second-order valence-corrected chi connectivity index (χ2v) is 3.48. The van der Waals surface area contributed by atoms with Crippen LogP contribution in [0.15, 0.2) is 4.99 Å². The lowest BCUT2D eigenvalue weighted by Gasteiger charge is -2.19. The molecule has 0 aromatic heterocycles. The minimum atomic E-state index is 0.897. The fourth-order valence-corrected chi connectivity index (χ4v) is 1.49. The van der Waals surface area contributed by atoms with Crippen molar-refractivity contribution in [3.05, 3.63) is 0 Å². The summed E-state index contributed by atoms with van der Waals surface area (Å²) in [6.07, 6.45) is 1.98. The van der Waals surface area contributed by atoms with E-state index in [2.05, 4.69) is 27.4 Å². The molecule has 0 unspecified atom stereocenters. The standard InChI is InChI=1S/C10H22N4/c1-2-14-9-7-12-5-3-11-4-6-13-8-10-14/h5,11,13H,2-4,6-10H2,1H3. The highest BCUT2D eigenvalue weighted by molar-refractivity contribution is 5.59. The highest BCUT2D eigenvalue weighted by Crippen LogP contribution is 1.86. The lowest BCUT2D eigenvalue weighted by molar-refractivity contribution is 0.295. The smallest absolute Gasteiger partial charge is 0.0513 e. The Morgan fingerprint density at radius 3 is 2.93 bits per heavy atom. The molecular formula is C10H22N4. The molecule has 0 aromatic carbocycles. The van der Waals surface area contributed by atoms with Crippen molar-refractivity contribution in [1.29, 1.82) is 0 Å². The molecule has 4 nitrogen and oxygen atoms in total. The number of nitrogens with one attached hydrogen (secondary N) is 2. The molecular weight excluding hydrogens is 176 g/mol. The summed E-state index contributed by atoms with van der Waals surface area (Å²) < 4.78 is 0. The molecule has 0 atom stereocenters. The fraction of sp³-hybridized carbons (Fsp3) is 0.900. The van der Waals surface area contributed by atoms with E-state index in [0.717, 1.165) is 52.4 Å². The first-order valence-electron chi connectivity index (χ1n) is 5.55. The van der Waals surface area contributed by atoms with E-state index in [0.29, 0.717) is 0 Å². The van der Waals surface area contributed by atoms with Gasteiger partial charge >= 0.3 is 0 Å². The molecule has 4 heteroatoms. The Kier molecular flexibility index (Phi) is 6.57. The lowest BCUT2D eigenvalue weighted by Crippen LogP contribution is -2.37. The van der Waals surface area contributed by atoms with Crippen molar-refractivity contribution in [3.63, 3.8) is 0 Å². The molecule has 1 aliphatic heterocycles. The quantitative estimate of drug-likeness (QED) is 0.601. The van der Waals surface area contributed by atoms with Crippen LogP contribution in [0.25, 0.3) is 0 Å². The summed E-state index contributed by atoms with van der Waals surface area (Å²) >= 11 is 0. The molecule has 1 aliphatic rings. The second-order valence-electron chi connectivity index (χ2n) is 3.48. The van der Waals surface area contributed by atoms with E-state index in [1.54, 1.807) is 0 Å². The van der Waals surface area contributed by atoms with Gasteiger partial charge in [-0.25, -0.2) is 0 Å². The first-order valence-corrected chi connectivity index (χ1v) is 5.55. The molecule has 0 saturated heterocycles. The predicted molar refractivity (Wildman–Crippen MR) is 61.2 cm³/mol. The minimum Gasteiger partial charge on any atom is -0.314 e. The highest BCUT2D eigenvalue weighted by atomic mass is 15.1. The fourth-order valence-electron chi connectivity index (χ4n) is 1.49. The molecule has 2 N–H and O–H groups in total. The SMILES string of the molecule is CCN1CCN=CCNCCNCC1. The van der Waals surface area contributed by atoms with Crippen molar-refractivity contribution in [3.8, 4) is 0 Å². The predicted octanol–water partition coefficient (Wildman–Crippen LogP) is -0.428. The summed E-state index contributed by atoms with van der Waals surface area (Å²) in [6, 6.07) is 0. The number of rotatable bonds is 1. The molecule has 1 heterocycles. The monoisotopic (exact) mass is 198 g/mol. The van der Waals surface area contributed by atoms with Crippen molar-refractivity contribution < 1.29 is 0 Å². The van der Waals surface area contributed by atoms with Gasteiger partial charge in [-0.2, -0.15) is 0 Å². The van der Waals surface area contributed by atoms with Crippen molar-refractivity contribution >= 4 is 6.21 Å².